The molecule has 26 heavy (non-hydrogen) atoms. The Morgan fingerprint density at radius 3 is 2.08 bits per heavy atom. The van der Waals surface area contributed by atoms with Crippen LogP contribution in [0.5, 0.6) is 11.5 Å². The van der Waals surface area contributed by atoms with E-state index in [0.29, 0.717) is 23.6 Å². The number of amides is 1. The summed E-state index contributed by atoms with van der Waals surface area (Å²) in [5.74, 6) is -0.212. The molecule has 2 aromatic carbocycles. The van der Waals surface area contributed by atoms with Gasteiger partial charge in [-0.3, -0.25) is 9.59 Å². The summed E-state index contributed by atoms with van der Waals surface area (Å²) in [4.78, 5) is 23.1. The number of carbonyl (C=O) groups is 2. The van der Waals surface area contributed by atoms with E-state index in [2.05, 4.69) is 5.32 Å². The number of carboxylic acid groups (broad SMARTS) is 1. The second kappa shape index (κ2) is 8.87. The minimum atomic E-state index is -1.03. The first-order valence-electron chi connectivity index (χ1n) is 8.00. The molecule has 0 aliphatic heterocycles. The van der Waals surface area contributed by atoms with Crippen LogP contribution < -0.4 is 20.5 Å². The van der Waals surface area contributed by atoms with Gasteiger partial charge in [-0.05, 0) is 29.7 Å². The first-order valence-corrected chi connectivity index (χ1v) is 8.00. The molecule has 7 nitrogen and oxygen atoms in total. The number of rotatable bonds is 8. The van der Waals surface area contributed by atoms with Crippen LogP contribution in [0.3, 0.4) is 0 Å². The number of carbonyl (C=O) groups excluding carboxylic acids is 1. The number of aliphatic carboxylic acids is 1. The number of carboxylic acids is 1. The van der Waals surface area contributed by atoms with E-state index in [4.69, 9.17) is 20.3 Å². The number of hydrogen-bond acceptors (Lipinski definition) is 5. The van der Waals surface area contributed by atoms with Crippen LogP contribution in [-0.2, 0) is 17.8 Å². The highest BCUT2D eigenvalue weighted by Gasteiger charge is 2.12. The normalized spacial score (nSPS) is 11.5. The number of nitrogens with two attached hydrogens (primary N) is 1. The first kappa shape index (κ1) is 19.3. The average molecular weight is 358 g/mol. The Morgan fingerprint density at radius 1 is 1.04 bits per heavy atom. The quantitative estimate of drug-likeness (QED) is 0.661. The fourth-order valence-electron chi connectivity index (χ4n) is 2.36. The SMILES string of the molecule is COc1cc(OC)cc(C(=O)NCc2ccc(C[C@H](N)C(=O)O)cc2)c1. The van der Waals surface area contributed by atoms with E-state index >= 15 is 0 Å². The summed E-state index contributed by atoms with van der Waals surface area (Å²) in [5.41, 5.74) is 7.67. The molecule has 0 radical (unpaired) electrons. The van der Waals surface area contributed by atoms with E-state index in [-0.39, 0.29) is 12.3 Å². The standard InChI is InChI=1S/C19H22N2O5/c1-25-15-8-14(9-16(10-15)26-2)18(22)21-11-13-5-3-12(4-6-13)7-17(20)19(23)24/h3-6,8-10,17H,7,11,20H2,1-2H3,(H,21,22)(H,23,24)/t17-/m0/s1. The molecule has 1 amide bonds. The van der Waals surface area contributed by atoms with Gasteiger partial charge in [0, 0.05) is 18.2 Å². The van der Waals surface area contributed by atoms with Gasteiger partial charge in [0.1, 0.15) is 17.5 Å². The van der Waals surface area contributed by atoms with Crippen LogP contribution in [0.2, 0.25) is 0 Å². The first-order chi connectivity index (χ1) is 12.4. The van der Waals surface area contributed by atoms with E-state index in [9.17, 15) is 9.59 Å². The number of ether oxygens (including phenoxy) is 2. The van der Waals surface area contributed by atoms with E-state index in [1.54, 1.807) is 30.3 Å². The van der Waals surface area contributed by atoms with Gasteiger partial charge in [-0.25, -0.2) is 0 Å². The van der Waals surface area contributed by atoms with Gasteiger partial charge < -0.3 is 25.6 Å². The molecule has 1 atom stereocenters. The largest absolute Gasteiger partial charge is 0.497 e. The van der Waals surface area contributed by atoms with Crippen LogP contribution in [0, 0.1) is 0 Å². The highest BCUT2D eigenvalue weighted by Crippen LogP contribution is 2.22. The molecule has 0 aromatic heterocycles. The van der Waals surface area contributed by atoms with Crippen molar-refractivity contribution in [1.82, 2.24) is 5.32 Å². The van der Waals surface area contributed by atoms with Crippen molar-refractivity contribution < 1.29 is 24.2 Å². The van der Waals surface area contributed by atoms with Crippen LogP contribution in [-0.4, -0.2) is 37.2 Å². The van der Waals surface area contributed by atoms with Crippen molar-refractivity contribution >= 4 is 11.9 Å². The summed E-state index contributed by atoms with van der Waals surface area (Å²) in [6, 6.07) is 11.3. The van der Waals surface area contributed by atoms with Crippen molar-refractivity contribution in [3.8, 4) is 11.5 Å². The lowest BCUT2D eigenvalue weighted by Crippen LogP contribution is -2.32. The highest BCUT2D eigenvalue weighted by atomic mass is 16.5. The fourth-order valence-corrected chi connectivity index (χ4v) is 2.36. The fraction of sp³-hybridized carbons (Fsp3) is 0.263. The van der Waals surface area contributed by atoms with Gasteiger partial charge >= 0.3 is 5.97 Å². The molecule has 4 N–H and O–H groups in total. The molecule has 0 aliphatic rings. The third-order valence-corrected chi connectivity index (χ3v) is 3.86. The molecule has 0 fully saturated rings. The minimum absolute atomic E-state index is 0.251. The van der Waals surface area contributed by atoms with Gasteiger partial charge in [0.2, 0.25) is 0 Å². The lowest BCUT2D eigenvalue weighted by molar-refractivity contribution is -0.138. The molecule has 0 saturated carbocycles. The van der Waals surface area contributed by atoms with Crippen LogP contribution in [0.1, 0.15) is 21.5 Å². The van der Waals surface area contributed by atoms with Crippen LogP contribution in [0.4, 0.5) is 0 Å². The van der Waals surface area contributed by atoms with E-state index < -0.39 is 12.0 Å². The van der Waals surface area contributed by atoms with Gasteiger partial charge in [0.15, 0.2) is 0 Å². The van der Waals surface area contributed by atoms with Crippen LogP contribution >= 0.6 is 0 Å². The molecule has 0 spiro atoms. The second-order valence-electron chi connectivity index (χ2n) is 5.75. The summed E-state index contributed by atoms with van der Waals surface area (Å²) in [5, 5.41) is 11.7. The minimum Gasteiger partial charge on any atom is -0.497 e. The van der Waals surface area contributed by atoms with E-state index in [1.165, 1.54) is 14.2 Å². The molecule has 138 valence electrons. The topological polar surface area (TPSA) is 111 Å². The summed E-state index contributed by atoms with van der Waals surface area (Å²) in [7, 11) is 3.04. The number of nitrogens with one attached hydrogen (secondary N) is 1. The van der Waals surface area contributed by atoms with Crippen molar-refractivity contribution in [2.24, 2.45) is 5.73 Å². The molecule has 2 rings (SSSR count). The Balaban J connectivity index is 1.98. The van der Waals surface area contributed by atoms with Crippen molar-refractivity contribution in [3.63, 3.8) is 0 Å². The zero-order valence-electron chi connectivity index (χ0n) is 14.7. The van der Waals surface area contributed by atoms with Gasteiger partial charge in [0.05, 0.1) is 14.2 Å². The van der Waals surface area contributed by atoms with Crippen LogP contribution in [0.25, 0.3) is 0 Å². The van der Waals surface area contributed by atoms with Gasteiger partial charge in [-0.2, -0.15) is 0 Å². The lowest BCUT2D eigenvalue weighted by Gasteiger charge is -2.10. The Hall–Kier alpha value is -3.06. The Labute approximate surface area is 151 Å². The van der Waals surface area contributed by atoms with Crippen molar-refractivity contribution in [1.29, 1.82) is 0 Å². The van der Waals surface area contributed by atoms with Crippen molar-refractivity contribution in [3.05, 3.63) is 59.2 Å². The van der Waals surface area contributed by atoms with Crippen molar-refractivity contribution in [2.75, 3.05) is 14.2 Å². The maximum absolute atomic E-state index is 12.3. The van der Waals surface area contributed by atoms with Crippen LogP contribution in [0.15, 0.2) is 42.5 Å². The molecule has 2 aromatic rings. The molecular formula is C19H22N2O5. The molecule has 7 heteroatoms. The maximum atomic E-state index is 12.3. The smallest absolute Gasteiger partial charge is 0.320 e. The lowest BCUT2D eigenvalue weighted by atomic mass is 10.0. The summed E-state index contributed by atoms with van der Waals surface area (Å²) in [6.07, 6.45) is 0.256. The predicted octanol–water partition coefficient (Wildman–Crippen LogP) is 1.59. The van der Waals surface area contributed by atoms with E-state index in [1.807, 2.05) is 12.1 Å². The zero-order valence-corrected chi connectivity index (χ0v) is 14.7. The number of hydrogen-bond donors (Lipinski definition) is 3. The summed E-state index contributed by atoms with van der Waals surface area (Å²) >= 11 is 0. The number of benzene rings is 2. The van der Waals surface area contributed by atoms with Gasteiger partial charge in [-0.1, -0.05) is 24.3 Å². The Bertz CT molecular complexity index is 752. The van der Waals surface area contributed by atoms with Gasteiger partial charge in [-0.15, -0.1) is 0 Å². The zero-order chi connectivity index (χ0) is 19.1. The predicted molar refractivity (Wildman–Crippen MR) is 96.5 cm³/mol. The summed E-state index contributed by atoms with van der Waals surface area (Å²) < 4.78 is 10.3. The monoisotopic (exact) mass is 358 g/mol. The highest BCUT2D eigenvalue weighted by molar-refractivity contribution is 5.95. The Kier molecular flexibility index (Phi) is 6.57. The summed E-state index contributed by atoms with van der Waals surface area (Å²) in [6.45, 7) is 0.337. The van der Waals surface area contributed by atoms with Crippen molar-refractivity contribution in [2.45, 2.75) is 19.0 Å². The molecule has 0 heterocycles. The average Bonchev–Trinajstić information content (AvgIpc) is 2.66. The molecule has 0 bridgehead atoms. The molecule has 0 unspecified atom stereocenters. The maximum Gasteiger partial charge on any atom is 0.320 e. The van der Waals surface area contributed by atoms with Gasteiger partial charge in [0.25, 0.3) is 5.91 Å². The van der Waals surface area contributed by atoms with E-state index in [0.717, 1.165) is 11.1 Å². The molecule has 0 aliphatic carbocycles. The second-order valence-corrected chi connectivity index (χ2v) is 5.75. The number of methoxy groups -OCH3 is 2. The Morgan fingerprint density at radius 2 is 1.58 bits per heavy atom. The molecule has 0 saturated heterocycles. The molecular weight excluding hydrogens is 336 g/mol. The third kappa shape index (κ3) is 5.22. The third-order valence-electron chi connectivity index (χ3n) is 3.86.